The molecule has 1 aromatic carbocycles. The fraction of sp³-hybridized carbons (Fsp3) is 0.100. The zero-order valence-corrected chi connectivity index (χ0v) is 8.60. The van der Waals surface area contributed by atoms with Crippen LogP contribution in [0.15, 0.2) is 30.5 Å². The minimum Gasteiger partial charge on any atom is -0.497 e. The van der Waals surface area contributed by atoms with Crippen LogP contribution in [-0.4, -0.2) is 28.4 Å². The molecular formula is C10H10N4O2. The maximum Gasteiger partial charge on any atom is 0.257 e. The van der Waals surface area contributed by atoms with E-state index in [0.29, 0.717) is 17.1 Å². The van der Waals surface area contributed by atoms with Crippen LogP contribution in [0.3, 0.4) is 0 Å². The topological polar surface area (TPSA) is 79.9 Å². The lowest BCUT2D eigenvalue weighted by atomic mass is 10.2. The minimum absolute atomic E-state index is 0.257. The molecule has 0 spiro atoms. The van der Waals surface area contributed by atoms with E-state index in [0.717, 1.165) is 0 Å². The van der Waals surface area contributed by atoms with Crippen LogP contribution < -0.4 is 10.1 Å². The molecule has 2 N–H and O–H groups in total. The molecule has 0 atom stereocenters. The van der Waals surface area contributed by atoms with Crippen LogP contribution in [0.2, 0.25) is 0 Å². The summed E-state index contributed by atoms with van der Waals surface area (Å²) in [5.74, 6) is 0.758. The fourth-order valence-corrected chi connectivity index (χ4v) is 1.21. The number of amides is 1. The number of aromatic amines is 1. The second-order valence-electron chi connectivity index (χ2n) is 3.04. The summed E-state index contributed by atoms with van der Waals surface area (Å²) in [6.07, 6.45) is 1.43. The van der Waals surface area contributed by atoms with Gasteiger partial charge in [0.1, 0.15) is 5.75 Å². The normalized spacial score (nSPS) is 9.81. The van der Waals surface area contributed by atoms with E-state index >= 15 is 0 Å². The maximum atomic E-state index is 11.7. The van der Waals surface area contributed by atoms with Crippen molar-refractivity contribution in [1.29, 1.82) is 0 Å². The zero-order valence-electron chi connectivity index (χ0n) is 8.60. The van der Waals surface area contributed by atoms with E-state index in [9.17, 15) is 4.79 Å². The largest absolute Gasteiger partial charge is 0.497 e. The highest BCUT2D eigenvalue weighted by Crippen LogP contribution is 2.13. The first kappa shape index (κ1) is 10.2. The van der Waals surface area contributed by atoms with Crippen molar-refractivity contribution in [2.24, 2.45) is 0 Å². The fourth-order valence-electron chi connectivity index (χ4n) is 1.21. The quantitative estimate of drug-likeness (QED) is 0.807. The first-order chi connectivity index (χ1) is 7.79. The van der Waals surface area contributed by atoms with Gasteiger partial charge in [0.2, 0.25) is 0 Å². The van der Waals surface area contributed by atoms with Gasteiger partial charge in [-0.3, -0.25) is 4.79 Å². The lowest BCUT2D eigenvalue weighted by Crippen LogP contribution is -2.12. The van der Waals surface area contributed by atoms with Gasteiger partial charge in [-0.25, -0.2) is 0 Å². The lowest BCUT2D eigenvalue weighted by molar-refractivity contribution is 0.102. The number of H-pyrrole nitrogens is 1. The Hall–Kier alpha value is -2.37. The molecule has 1 heterocycles. The number of rotatable bonds is 3. The summed E-state index contributed by atoms with van der Waals surface area (Å²) in [6, 6.07) is 6.86. The van der Waals surface area contributed by atoms with Crippen LogP contribution >= 0.6 is 0 Å². The number of methoxy groups -OCH3 is 1. The van der Waals surface area contributed by atoms with Crippen LogP contribution in [0.4, 0.5) is 5.82 Å². The van der Waals surface area contributed by atoms with E-state index in [4.69, 9.17) is 4.74 Å². The standard InChI is InChI=1S/C10H10N4O2/c1-16-8-4-2-3-7(5-8)10(15)12-9-6-11-14-13-9/h2-6H,1H3,(H2,11,12,13,14,15). The third kappa shape index (κ3) is 2.17. The Morgan fingerprint density at radius 3 is 3.06 bits per heavy atom. The molecule has 0 fully saturated rings. The van der Waals surface area contributed by atoms with Crippen molar-refractivity contribution in [3.63, 3.8) is 0 Å². The van der Waals surface area contributed by atoms with Crippen molar-refractivity contribution < 1.29 is 9.53 Å². The van der Waals surface area contributed by atoms with Gasteiger partial charge in [0, 0.05) is 5.56 Å². The zero-order chi connectivity index (χ0) is 11.4. The molecule has 6 heteroatoms. The highest BCUT2D eigenvalue weighted by atomic mass is 16.5. The van der Waals surface area contributed by atoms with Crippen molar-refractivity contribution in [2.45, 2.75) is 0 Å². The molecule has 0 saturated carbocycles. The number of nitrogens with one attached hydrogen (secondary N) is 2. The second kappa shape index (κ2) is 4.43. The van der Waals surface area contributed by atoms with E-state index in [-0.39, 0.29) is 5.91 Å². The highest BCUT2D eigenvalue weighted by Gasteiger charge is 2.07. The Morgan fingerprint density at radius 1 is 1.50 bits per heavy atom. The van der Waals surface area contributed by atoms with Gasteiger partial charge in [0.15, 0.2) is 5.82 Å². The summed E-state index contributed by atoms with van der Waals surface area (Å²) in [4.78, 5) is 11.7. The van der Waals surface area contributed by atoms with Crippen molar-refractivity contribution in [3.05, 3.63) is 36.0 Å². The summed E-state index contributed by atoms with van der Waals surface area (Å²) in [7, 11) is 1.55. The van der Waals surface area contributed by atoms with Crippen LogP contribution in [0, 0.1) is 0 Å². The number of ether oxygens (including phenoxy) is 1. The molecule has 16 heavy (non-hydrogen) atoms. The molecule has 0 bridgehead atoms. The van der Waals surface area contributed by atoms with E-state index in [1.165, 1.54) is 6.20 Å². The van der Waals surface area contributed by atoms with E-state index in [2.05, 4.69) is 20.7 Å². The van der Waals surface area contributed by atoms with E-state index in [1.807, 2.05) is 0 Å². The predicted molar refractivity (Wildman–Crippen MR) is 57.3 cm³/mol. The maximum absolute atomic E-state index is 11.7. The molecule has 0 aliphatic rings. The molecule has 1 amide bonds. The number of aromatic nitrogens is 3. The number of nitrogens with zero attached hydrogens (tertiary/aromatic N) is 2. The average molecular weight is 218 g/mol. The molecule has 0 aliphatic carbocycles. The van der Waals surface area contributed by atoms with Crippen molar-refractivity contribution >= 4 is 11.7 Å². The first-order valence-corrected chi connectivity index (χ1v) is 4.61. The van der Waals surface area contributed by atoms with Crippen molar-refractivity contribution in [3.8, 4) is 5.75 Å². The Balaban J connectivity index is 2.14. The van der Waals surface area contributed by atoms with Crippen LogP contribution in [0.5, 0.6) is 5.75 Å². The minimum atomic E-state index is -0.257. The highest BCUT2D eigenvalue weighted by molar-refractivity contribution is 6.03. The molecule has 0 aliphatic heterocycles. The SMILES string of the molecule is COc1cccc(C(=O)Nc2cn[nH]n2)c1. The number of carbonyl (C=O) groups excluding carboxylic acids is 1. The summed E-state index contributed by atoms with van der Waals surface area (Å²) in [5, 5.41) is 12.3. The molecule has 6 nitrogen and oxygen atoms in total. The van der Waals surface area contributed by atoms with Gasteiger partial charge in [0.25, 0.3) is 5.91 Å². The summed E-state index contributed by atoms with van der Waals surface area (Å²) in [6.45, 7) is 0. The Kier molecular flexibility index (Phi) is 2.81. The molecule has 0 unspecified atom stereocenters. The number of anilines is 1. The van der Waals surface area contributed by atoms with Gasteiger partial charge in [-0.1, -0.05) is 6.07 Å². The average Bonchev–Trinajstić information content (AvgIpc) is 2.82. The second-order valence-corrected chi connectivity index (χ2v) is 3.04. The number of benzene rings is 1. The third-order valence-corrected chi connectivity index (χ3v) is 1.99. The summed E-state index contributed by atoms with van der Waals surface area (Å²) < 4.78 is 5.03. The summed E-state index contributed by atoms with van der Waals surface area (Å²) >= 11 is 0. The number of carbonyl (C=O) groups is 1. The van der Waals surface area contributed by atoms with E-state index < -0.39 is 0 Å². The summed E-state index contributed by atoms with van der Waals surface area (Å²) in [5.41, 5.74) is 0.502. The molecule has 0 radical (unpaired) electrons. The number of hydrogen-bond acceptors (Lipinski definition) is 4. The Morgan fingerprint density at radius 2 is 2.38 bits per heavy atom. The lowest BCUT2D eigenvalue weighted by Gasteiger charge is -2.03. The smallest absolute Gasteiger partial charge is 0.257 e. The first-order valence-electron chi connectivity index (χ1n) is 4.61. The third-order valence-electron chi connectivity index (χ3n) is 1.99. The molecule has 1 aromatic heterocycles. The van der Waals surface area contributed by atoms with Crippen LogP contribution in [0.1, 0.15) is 10.4 Å². The molecular weight excluding hydrogens is 208 g/mol. The van der Waals surface area contributed by atoms with Crippen molar-refractivity contribution in [2.75, 3.05) is 12.4 Å². The van der Waals surface area contributed by atoms with Gasteiger partial charge in [0.05, 0.1) is 13.3 Å². The van der Waals surface area contributed by atoms with Crippen LogP contribution in [0.25, 0.3) is 0 Å². The number of hydrogen-bond donors (Lipinski definition) is 2. The van der Waals surface area contributed by atoms with Gasteiger partial charge in [-0.15, -0.1) is 5.10 Å². The Bertz CT molecular complexity index is 481. The monoisotopic (exact) mass is 218 g/mol. The van der Waals surface area contributed by atoms with Gasteiger partial charge < -0.3 is 10.1 Å². The Labute approximate surface area is 91.6 Å². The molecule has 82 valence electrons. The van der Waals surface area contributed by atoms with Crippen molar-refractivity contribution in [1.82, 2.24) is 15.4 Å². The van der Waals surface area contributed by atoms with Crippen LogP contribution in [-0.2, 0) is 0 Å². The van der Waals surface area contributed by atoms with Gasteiger partial charge in [-0.2, -0.15) is 10.3 Å². The van der Waals surface area contributed by atoms with E-state index in [1.54, 1.807) is 31.4 Å². The molecule has 0 saturated heterocycles. The predicted octanol–water partition coefficient (Wildman–Crippen LogP) is 1.07. The molecule has 2 aromatic rings. The van der Waals surface area contributed by atoms with Gasteiger partial charge in [-0.05, 0) is 18.2 Å². The van der Waals surface area contributed by atoms with Gasteiger partial charge >= 0.3 is 0 Å². The molecule has 2 rings (SSSR count).